The molecule has 2 saturated heterocycles. The zero-order chi connectivity index (χ0) is 27.3. The van der Waals surface area contributed by atoms with Gasteiger partial charge in [-0.1, -0.05) is 6.58 Å². The molecule has 0 aromatic heterocycles. The lowest BCUT2D eigenvalue weighted by Gasteiger charge is -2.57. The van der Waals surface area contributed by atoms with Crippen molar-refractivity contribution in [1.82, 2.24) is 0 Å². The molecule has 2 spiro atoms. The molecule has 2 aliphatic heterocycles. The van der Waals surface area contributed by atoms with Crippen LogP contribution >= 0.6 is 0 Å². The number of aliphatic hydroxyl groups is 1. The second kappa shape index (κ2) is 7.84. The lowest BCUT2D eigenvalue weighted by Crippen LogP contribution is -2.63. The normalized spacial score (nSPS) is 57.9. The van der Waals surface area contributed by atoms with E-state index in [9.17, 15) is 19.5 Å². The van der Waals surface area contributed by atoms with Gasteiger partial charge in [-0.05, 0) is 75.5 Å². The standard InChI is InChI=1S/C31H38O9/c1-13(2)27(34)36-12-19-9-23(38-30(35)18-7-16-8-20-25(33)22(30)11-29(16,20)10-18)26-28(37-19)40-31(39-26)17-4-14-3-15(6-17)24(32)21(31)5-14/h14-23,26,28,35H,1,3-12H2,2H3/t14?,15?,16?,17?,18?,19-,20?,21?,22?,23-,26+,28+,29?,30?,31?/m0/s1. The van der Waals surface area contributed by atoms with Gasteiger partial charge in [-0.2, -0.15) is 0 Å². The molecule has 15 atom stereocenters. The van der Waals surface area contributed by atoms with Crippen molar-refractivity contribution in [2.24, 2.45) is 52.8 Å². The number of carbonyl (C=O) groups excluding carboxylic acids is 3. The first-order chi connectivity index (χ1) is 19.1. The van der Waals surface area contributed by atoms with Crippen LogP contribution in [0.1, 0.15) is 64.7 Å². The van der Waals surface area contributed by atoms with E-state index < -0.39 is 48.1 Å². The number of carbonyl (C=O) groups is 3. The number of ketones is 2. The maximum absolute atomic E-state index is 13.4. The van der Waals surface area contributed by atoms with Crippen LogP contribution in [0.15, 0.2) is 12.2 Å². The second-order valence-corrected chi connectivity index (χ2v) is 14.7. The molecule has 9 heteroatoms. The van der Waals surface area contributed by atoms with Gasteiger partial charge in [-0.3, -0.25) is 9.59 Å². The van der Waals surface area contributed by atoms with Crippen LogP contribution in [0, 0.1) is 52.8 Å². The van der Waals surface area contributed by atoms with E-state index in [0.29, 0.717) is 30.3 Å². The number of hydrogen-bond donors (Lipinski definition) is 1. The maximum Gasteiger partial charge on any atom is 0.333 e. The highest BCUT2D eigenvalue weighted by atomic mass is 16.8. The first kappa shape index (κ1) is 24.9. The van der Waals surface area contributed by atoms with Crippen LogP contribution in [-0.4, -0.2) is 65.4 Å². The summed E-state index contributed by atoms with van der Waals surface area (Å²) in [4.78, 5) is 39.0. The van der Waals surface area contributed by atoms with Gasteiger partial charge in [-0.25, -0.2) is 4.79 Å². The van der Waals surface area contributed by atoms with Crippen LogP contribution < -0.4 is 0 Å². The van der Waals surface area contributed by atoms with E-state index in [1.54, 1.807) is 6.92 Å². The monoisotopic (exact) mass is 554 g/mol. The Balaban J connectivity index is 1.03. The summed E-state index contributed by atoms with van der Waals surface area (Å²) in [5.74, 6) is -2.36. The smallest absolute Gasteiger partial charge is 0.333 e. The average Bonchev–Trinajstić information content (AvgIpc) is 3.48. The minimum Gasteiger partial charge on any atom is -0.460 e. The Morgan fingerprint density at radius 2 is 1.80 bits per heavy atom. The zero-order valence-corrected chi connectivity index (χ0v) is 22.9. The van der Waals surface area contributed by atoms with Crippen LogP contribution in [0.25, 0.3) is 0 Å². The van der Waals surface area contributed by atoms with E-state index in [1.165, 1.54) is 0 Å². The predicted molar refractivity (Wildman–Crippen MR) is 135 cm³/mol. The number of esters is 1. The van der Waals surface area contributed by atoms with Crippen LogP contribution in [0.4, 0.5) is 0 Å². The average molecular weight is 555 g/mol. The van der Waals surface area contributed by atoms with Gasteiger partial charge in [0.05, 0.1) is 24.0 Å². The third-order valence-corrected chi connectivity index (χ3v) is 12.9. The highest BCUT2D eigenvalue weighted by molar-refractivity contribution is 5.90. The number of ether oxygens (including phenoxy) is 5. The van der Waals surface area contributed by atoms with Crippen molar-refractivity contribution in [3.8, 4) is 0 Å². The van der Waals surface area contributed by atoms with Crippen molar-refractivity contribution in [3.63, 3.8) is 0 Å². The largest absolute Gasteiger partial charge is 0.460 e. The molecule has 216 valence electrons. The topological polar surface area (TPSA) is 118 Å². The minimum atomic E-state index is -1.56. The van der Waals surface area contributed by atoms with Crippen LogP contribution in [0.5, 0.6) is 0 Å². The van der Waals surface area contributed by atoms with E-state index in [-0.39, 0.29) is 53.2 Å². The third-order valence-electron chi connectivity index (χ3n) is 12.9. The molecule has 10 fully saturated rings. The Bertz CT molecular complexity index is 1230. The van der Waals surface area contributed by atoms with Crippen molar-refractivity contribution in [2.45, 2.75) is 101 Å². The first-order valence-electron chi connectivity index (χ1n) is 15.4. The zero-order valence-electron chi connectivity index (χ0n) is 22.9. The van der Waals surface area contributed by atoms with Crippen molar-refractivity contribution >= 4 is 17.5 Å². The third kappa shape index (κ3) is 2.94. The molecule has 0 aromatic rings. The van der Waals surface area contributed by atoms with Crippen molar-refractivity contribution < 1.29 is 43.2 Å². The van der Waals surface area contributed by atoms with Gasteiger partial charge in [0.1, 0.15) is 24.3 Å². The quantitative estimate of drug-likeness (QED) is 0.311. The van der Waals surface area contributed by atoms with Gasteiger partial charge in [0.25, 0.3) is 0 Å². The maximum atomic E-state index is 13.4. The summed E-state index contributed by atoms with van der Waals surface area (Å²) in [5.41, 5.74) is 0.379. The molecule has 11 unspecified atom stereocenters. The second-order valence-electron chi connectivity index (χ2n) is 14.7. The molecule has 9 nitrogen and oxygen atoms in total. The van der Waals surface area contributed by atoms with Gasteiger partial charge in [0.15, 0.2) is 17.9 Å². The fourth-order valence-corrected chi connectivity index (χ4v) is 11.3. The lowest BCUT2D eigenvalue weighted by atomic mass is 9.52. The van der Waals surface area contributed by atoms with Gasteiger partial charge >= 0.3 is 5.97 Å². The van der Waals surface area contributed by atoms with E-state index in [2.05, 4.69) is 6.58 Å². The fraction of sp³-hybridized carbons (Fsp3) is 0.839. The van der Waals surface area contributed by atoms with Gasteiger partial charge in [0, 0.05) is 35.7 Å². The summed E-state index contributed by atoms with van der Waals surface area (Å²) in [7, 11) is 0. The highest BCUT2D eigenvalue weighted by Gasteiger charge is 2.78. The summed E-state index contributed by atoms with van der Waals surface area (Å²) in [6, 6.07) is 0. The summed E-state index contributed by atoms with van der Waals surface area (Å²) in [5, 5.41) is 12.2. The molecular formula is C31H38O9. The van der Waals surface area contributed by atoms with Gasteiger partial charge in [0.2, 0.25) is 0 Å². The number of fused-ring (bicyclic) bond motifs is 3. The Morgan fingerprint density at radius 1 is 0.950 bits per heavy atom. The molecule has 8 aliphatic carbocycles. The van der Waals surface area contributed by atoms with E-state index in [0.717, 1.165) is 44.9 Å². The Labute approximate surface area is 233 Å². The fourth-order valence-electron chi connectivity index (χ4n) is 11.3. The van der Waals surface area contributed by atoms with E-state index >= 15 is 0 Å². The molecule has 10 rings (SSSR count). The van der Waals surface area contributed by atoms with E-state index in [1.807, 2.05) is 0 Å². The SMILES string of the molecule is C=C(C)C(=O)OC[C@@H]1C[C@H](OC2(O)C3CC4CC5C(=O)C2CC45C3)[C@H]2OC3(O[C@H]2O1)C1CC2CC(C1)C(=O)C3C2. The van der Waals surface area contributed by atoms with Crippen molar-refractivity contribution in [1.29, 1.82) is 0 Å². The summed E-state index contributed by atoms with van der Waals surface area (Å²) in [6.07, 6.45) is 4.51. The van der Waals surface area contributed by atoms with Crippen molar-refractivity contribution in [3.05, 3.63) is 12.2 Å². The van der Waals surface area contributed by atoms with Crippen LogP contribution in [0.3, 0.4) is 0 Å². The highest BCUT2D eigenvalue weighted by Crippen LogP contribution is 2.76. The molecule has 10 aliphatic rings. The molecule has 0 aromatic carbocycles. The van der Waals surface area contributed by atoms with Gasteiger partial charge < -0.3 is 28.8 Å². The first-order valence-corrected chi connectivity index (χ1v) is 15.4. The molecule has 40 heavy (non-hydrogen) atoms. The summed E-state index contributed by atoms with van der Waals surface area (Å²) < 4.78 is 32.0. The minimum absolute atomic E-state index is 0.0153. The molecule has 0 amide bonds. The number of rotatable bonds is 5. The van der Waals surface area contributed by atoms with Gasteiger partial charge in [-0.15, -0.1) is 0 Å². The summed E-state index contributed by atoms with van der Waals surface area (Å²) in [6.45, 7) is 5.24. The Morgan fingerprint density at radius 3 is 2.62 bits per heavy atom. The molecule has 7 bridgehead atoms. The van der Waals surface area contributed by atoms with Crippen molar-refractivity contribution in [2.75, 3.05) is 6.61 Å². The summed E-state index contributed by atoms with van der Waals surface area (Å²) >= 11 is 0. The number of hydrogen-bond acceptors (Lipinski definition) is 9. The number of Topliss-reactive ketones (excluding diaryl/α,β-unsaturated/α-hetero) is 2. The van der Waals surface area contributed by atoms with E-state index in [4.69, 9.17) is 23.7 Å². The molecule has 0 radical (unpaired) electrons. The Kier molecular flexibility index (Phi) is 4.88. The predicted octanol–water partition coefficient (Wildman–Crippen LogP) is 2.68. The Hall–Kier alpha value is -1.65. The molecule has 1 N–H and O–H groups in total. The lowest BCUT2D eigenvalue weighted by molar-refractivity contribution is -0.324. The molecule has 8 saturated carbocycles. The van der Waals surface area contributed by atoms with Crippen LogP contribution in [0.2, 0.25) is 0 Å². The molecular weight excluding hydrogens is 516 g/mol. The molecule has 2 heterocycles. The van der Waals surface area contributed by atoms with Crippen LogP contribution in [-0.2, 0) is 38.1 Å².